The second-order valence-electron chi connectivity index (χ2n) is 5.58. The number of benzene rings is 2. The number of likely N-dealkylation sites (N-methyl/N-ethyl adjacent to an activating group) is 1. The third kappa shape index (κ3) is 3.14. The van der Waals surface area contributed by atoms with Crippen molar-refractivity contribution in [3.63, 3.8) is 0 Å². The van der Waals surface area contributed by atoms with Gasteiger partial charge in [-0.25, -0.2) is 0 Å². The summed E-state index contributed by atoms with van der Waals surface area (Å²) in [4.78, 5) is 14.3. The summed E-state index contributed by atoms with van der Waals surface area (Å²) in [7, 11) is 2.03. The molecular weight excluding hydrogens is 260 g/mol. The number of carbonyl (C=O) groups is 1. The van der Waals surface area contributed by atoms with E-state index in [1.165, 1.54) is 11.1 Å². The van der Waals surface area contributed by atoms with Crippen LogP contribution in [0, 0.1) is 0 Å². The van der Waals surface area contributed by atoms with Crippen molar-refractivity contribution in [2.45, 2.75) is 18.9 Å². The van der Waals surface area contributed by atoms with E-state index in [-0.39, 0.29) is 5.91 Å². The van der Waals surface area contributed by atoms with Crippen LogP contribution in [0.4, 0.5) is 5.69 Å². The number of anilines is 1. The molecule has 0 radical (unpaired) electrons. The largest absolute Gasteiger partial charge is 0.325 e. The van der Waals surface area contributed by atoms with Crippen molar-refractivity contribution in [1.29, 1.82) is 0 Å². The molecule has 1 N–H and O–H groups in total. The highest BCUT2D eigenvalue weighted by atomic mass is 16.2. The average Bonchev–Trinajstić information content (AvgIpc) is 2.92. The van der Waals surface area contributed by atoms with Gasteiger partial charge in [0.05, 0.1) is 6.54 Å². The maximum atomic E-state index is 12.1. The molecule has 0 aromatic heterocycles. The van der Waals surface area contributed by atoms with Crippen LogP contribution in [0.3, 0.4) is 0 Å². The minimum absolute atomic E-state index is 0.0353. The number of nitrogens with zero attached hydrogens (tertiary/aromatic N) is 1. The van der Waals surface area contributed by atoms with Crippen molar-refractivity contribution < 1.29 is 4.79 Å². The summed E-state index contributed by atoms with van der Waals surface area (Å²) in [6.45, 7) is 0.411. The van der Waals surface area contributed by atoms with Gasteiger partial charge < -0.3 is 5.32 Å². The first-order valence-electron chi connectivity index (χ1n) is 7.37. The van der Waals surface area contributed by atoms with E-state index in [0.717, 1.165) is 18.5 Å². The zero-order chi connectivity index (χ0) is 14.7. The summed E-state index contributed by atoms with van der Waals surface area (Å²) in [6, 6.07) is 18.5. The highest BCUT2D eigenvalue weighted by Gasteiger charge is 2.26. The van der Waals surface area contributed by atoms with Crippen LogP contribution in [-0.2, 0) is 11.2 Å². The number of para-hydroxylation sites is 1. The molecule has 0 saturated carbocycles. The predicted octanol–water partition coefficient (Wildman–Crippen LogP) is 3.24. The van der Waals surface area contributed by atoms with E-state index in [1.807, 2.05) is 37.4 Å². The van der Waals surface area contributed by atoms with E-state index in [0.29, 0.717) is 12.6 Å². The van der Waals surface area contributed by atoms with E-state index in [9.17, 15) is 4.79 Å². The van der Waals surface area contributed by atoms with Crippen LogP contribution in [0.1, 0.15) is 23.6 Å². The van der Waals surface area contributed by atoms with E-state index in [1.54, 1.807) is 0 Å². The molecule has 3 heteroatoms. The first-order chi connectivity index (χ1) is 10.2. The zero-order valence-electron chi connectivity index (χ0n) is 12.3. The molecule has 0 bridgehead atoms. The van der Waals surface area contributed by atoms with Crippen LogP contribution in [0.15, 0.2) is 54.6 Å². The number of carbonyl (C=O) groups excluding carboxylic acids is 1. The Morgan fingerprint density at radius 2 is 1.86 bits per heavy atom. The van der Waals surface area contributed by atoms with Crippen molar-refractivity contribution in [2.75, 3.05) is 18.9 Å². The molecule has 1 atom stereocenters. The van der Waals surface area contributed by atoms with Crippen LogP contribution in [0.25, 0.3) is 0 Å². The minimum atomic E-state index is 0.0353. The number of amides is 1. The molecule has 21 heavy (non-hydrogen) atoms. The Morgan fingerprint density at radius 1 is 1.14 bits per heavy atom. The summed E-state index contributed by atoms with van der Waals surface area (Å²) in [5, 5.41) is 2.94. The van der Waals surface area contributed by atoms with Gasteiger partial charge in [-0.1, -0.05) is 42.5 Å². The molecule has 0 aliphatic heterocycles. The standard InChI is InChI=1S/C18H20N2O/c1-20(13-18(21)19-15-8-3-2-4-9-15)17-12-11-14-7-5-6-10-16(14)17/h2-10,17H,11-13H2,1H3,(H,19,21). The molecule has 1 amide bonds. The smallest absolute Gasteiger partial charge is 0.238 e. The predicted molar refractivity (Wildman–Crippen MR) is 85.2 cm³/mol. The Labute approximate surface area is 125 Å². The third-order valence-electron chi connectivity index (χ3n) is 4.08. The Morgan fingerprint density at radius 3 is 2.67 bits per heavy atom. The molecule has 3 nitrogen and oxygen atoms in total. The highest BCUT2D eigenvalue weighted by Crippen LogP contribution is 2.34. The molecule has 0 saturated heterocycles. The summed E-state index contributed by atoms with van der Waals surface area (Å²) >= 11 is 0. The van der Waals surface area contributed by atoms with Gasteiger partial charge in [0.25, 0.3) is 0 Å². The van der Waals surface area contributed by atoms with Gasteiger partial charge in [0.15, 0.2) is 0 Å². The Kier molecular flexibility index (Phi) is 4.02. The maximum Gasteiger partial charge on any atom is 0.238 e. The molecule has 0 heterocycles. The van der Waals surface area contributed by atoms with Crippen LogP contribution in [0.5, 0.6) is 0 Å². The number of aryl methyl sites for hydroxylation is 1. The Hall–Kier alpha value is -2.13. The summed E-state index contributed by atoms with van der Waals surface area (Å²) in [6.07, 6.45) is 2.19. The molecule has 1 aliphatic rings. The fraction of sp³-hybridized carbons (Fsp3) is 0.278. The van der Waals surface area contributed by atoms with E-state index < -0.39 is 0 Å². The van der Waals surface area contributed by atoms with E-state index in [4.69, 9.17) is 0 Å². The van der Waals surface area contributed by atoms with Gasteiger partial charge in [-0.3, -0.25) is 9.69 Å². The first-order valence-corrected chi connectivity index (χ1v) is 7.37. The van der Waals surface area contributed by atoms with E-state index in [2.05, 4.69) is 34.5 Å². The second-order valence-corrected chi connectivity index (χ2v) is 5.58. The Bertz CT molecular complexity index is 624. The van der Waals surface area contributed by atoms with Gasteiger partial charge in [-0.05, 0) is 43.1 Å². The molecule has 108 valence electrons. The maximum absolute atomic E-state index is 12.1. The molecule has 1 unspecified atom stereocenters. The third-order valence-corrected chi connectivity index (χ3v) is 4.08. The quantitative estimate of drug-likeness (QED) is 0.932. The van der Waals surface area contributed by atoms with Crippen LogP contribution < -0.4 is 5.32 Å². The van der Waals surface area contributed by atoms with Gasteiger partial charge in [-0.15, -0.1) is 0 Å². The van der Waals surface area contributed by atoms with Crippen molar-refractivity contribution in [3.05, 3.63) is 65.7 Å². The van der Waals surface area contributed by atoms with Gasteiger partial charge in [0.1, 0.15) is 0 Å². The number of rotatable bonds is 4. The fourth-order valence-corrected chi connectivity index (χ4v) is 3.05. The molecular formula is C18H20N2O. The minimum Gasteiger partial charge on any atom is -0.325 e. The van der Waals surface area contributed by atoms with Crippen LogP contribution in [0.2, 0.25) is 0 Å². The zero-order valence-corrected chi connectivity index (χ0v) is 12.3. The summed E-state index contributed by atoms with van der Waals surface area (Å²) in [5.41, 5.74) is 3.63. The average molecular weight is 280 g/mol. The normalized spacial score (nSPS) is 16.8. The summed E-state index contributed by atoms with van der Waals surface area (Å²) in [5.74, 6) is 0.0353. The Balaban J connectivity index is 1.62. The number of nitrogens with one attached hydrogen (secondary N) is 1. The van der Waals surface area contributed by atoms with Crippen LogP contribution in [-0.4, -0.2) is 24.4 Å². The van der Waals surface area contributed by atoms with Crippen LogP contribution >= 0.6 is 0 Å². The second kappa shape index (κ2) is 6.10. The van der Waals surface area contributed by atoms with Crippen molar-refractivity contribution in [2.24, 2.45) is 0 Å². The van der Waals surface area contributed by atoms with Gasteiger partial charge in [0, 0.05) is 11.7 Å². The SMILES string of the molecule is CN(CC(=O)Nc1ccccc1)C1CCc2ccccc21. The van der Waals surface area contributed by atoms with Gasteiger partial charge in [-0.2, -0.15) is 0 Å². The van der Waals surface area contributed by atoms with Gasteiger partial charge in [0.2, 0.25) is 5.91 Å². The molecule has 0 fully saturated rings. The number of fused-ring (bicyclic) bond motifs is 1. The fourth-order valence-electron chi connectivity index (χ4n) is 3.05. The number of hydrogen-bond acceptors (Lipinski definition) is 2. The lowest BCUT2D eigenvalue weighted by molar-refractivity contribution is -0.117. The monoisotopic (exact) mass is 280 g/mol. The van der Waals surface area contributed by atoms with Crippen molar-refractivity contribution in [1.82, 2.24) is 4.90 Å². The lowest BCUT2D eigenvalue weighted by atomic mass is 10.1. The lowest BCUT2D eigenvalue weighted by Gasteiger charge is -2.24. The summed E-state index contributed by atoms with van der Waals surface area (Å²) < 4.78 is 0. The molecule has 2 aromatic rings. The van der Waals surface area contributed by atoms with E-state index >= 15 is 0 Å². The lowest BCUT2D eigenvalue weighted by Crippen LogP contribution is -2.32. The van der Waals surface area contributed by atoms with Crippen molar-refractivity contribution in [3.8, 4) is 0 Å². The topological polar surface area (TPSA) is 32.3 Å². The van der Waals surface area contributed by atoms with Crippen molar-refractivity contribution >= 4 is 11.6 Å². The molecule has 0 spiro atoms. The first kappa shape index (κ1) is 13.8. The molecule has 3 rings (SSSR count). The highest BCUT2D eigenvalue weighted by molar-refractivity contribution is 5.92. The molecule has 1 aliphatic carbocycles. The van der Waals surface area contributed by atoms with Gasteiger partial charge >= 0.3 is 0 Å². The number of hydrogen-bond donors (Lipinski definition) is 1. The molecule has 2 aromatic carbocycles.